The lowest BCUT2D eigenvalue weighted by atomic mass is 10.2. The van der Waals surface area contributed by atoms with Gasteiger partial charge in [-0.25, -0.2) is 18.1 Å². The van der Waals surface area contributed by atoms with Crippen molar-refractivity contribution in [2.75, 3.05) is 46.4 Å². The second-order valence-electron chi connectivity index (χ2n) is 6.65. The molecule has 0 unspecified atom stereocenters. The molecule has 2 aliphatic rings. The van der Waals surface area contributed by atoms with Crippen LogP contribution in [0.2, 0.25) is 0 Å². The molecule has 2 saturated heterocycles. The number of hydrogen-bond acceptors (Lipinski definition) is 5. The first-order chi connectivity index (χ1) is 13.0. The van der Waals surface area contributed by atoms with Gasteiger partial charge < -0.3 is 4.90 Å². The smallest absolute Gasteiger partial charge is 0.318 e. The molecule has 0 aliphatic carbocycles. The summed E-state index contributed by atoms with van der Waals surface area (Å²) in [6, 6.07) is 3.22. The molecule has 0 aromatic heterocycles. The van der Waals surface area contributed by atoms with Crippen molar-refractivity contribution in [3.63, 3.8) is 0 Å². The van der Waals surface area contributed by atoms with Crippen molar-refractivity contribution in [2.45, 2.75) is 11.1 Å². The van der Waals surface area contributed by atoms with Gasteiger partial charge in [0.15, 0.2) is 0 Å². The molecule has 0 saturated carbocycles. The second-order valence-corrected chi connectivity index (χ2v) is 8.59. The van der Waals surface area contributed by atoms with E-state index in [0.29, 0.717) is 6.07 Å². The van der Waals surface area contributed by atoms with Gasteiger partial charge in [-0.15, -0.1) is 0 Å². The van der Waals surface area contributed by atoms with Crippen LogP contribution < -0.4 is 0 Å². The van der Waals surface area contributed by atoms with E-state index in [-0.39, 0.29) is 45.3 Å². The number of halogens is 3. The van der Waals surface area contributed by atoms with Crippen molar-refractivity contribution < 1.29 is 31.2 Å². The zero-order chi connectivity index (χ0) is 20.7. The van der Waals surface area contributed by atoms with Crippen molar-refractivity contribution in [1.82, 2.24) is 19.0 Å². The highest BCUT2D eigenvalue weighted by atomic mass is 32.2. The second kappa shape index (κ2) is 7.33. The highest BCUT2D eigenvalue weighted by Crippen LogP contribution is 2.31. The number of carbonyl (C=O) groups excluding carboxylic acids is 2. The molecule has 3 rings (SSSR count). The van der Waals surface area contributed by atoms with Gasteiger partial charge in [0.1, 0.15) is 6.54 Å². The van der Waals surface area contributed by atoms with Crippen LogP contribution in [0.4, 0.5) is 18.0 Å². The quantitative estimate of drug-likeness (QED) is 0.675. The number of amides is 3. The highest BCUT2D eigenvalue weighted by molar-refractivity contribution is 7.89. The Balaban J connectivity index is 1.66. The van der Waals surface area contributed by atoms with E-state index in [9.17, 15) is 31.2 Å². The molecule has 0 N–H and O–H groups in total. The van der Waals surface area contributed by atoms with Crippen molar-refractivity contribution in [3.8, 4) is 0 Å². The predicted octanol–water partition coefficient (Wildman–Crippen LogP) is 0.863. The van der Waals surface area contributed by atoms with Crippen LogP contribution in [0, 0.1) is 0 Å². The molecule has 3 amide bonds. The molecule has 2 fully saturated rings. The minimum atomic E-state index is -4.63. The first-order valence-electron chi connectivity index (χ1n) is 8.45. The van der Waals surface area contributed by atoms with Crippen LogP contribution in [-0.4, -0.2) is 85.8 Å². The van der Waals surface area contributed by atoms with E-state index in [1.165, 1.54) is 11.9 Å². The Morgan fingerprint density at radius 2 is 1.71 bits per heavy atom. The Hall–Kier alpha value is -2.18. The van der Waals surface area contributed by atoms with Crippen LogP contribution in [0.1, 0.15) is 5.56 Å². The molecule has 0 atom stereocenters. The Morgan fingerprint density at radius 3 is 2.25 bits per heavy atom. The van der Waals surface area contributed by atoms with E-state index in [2.05, 4.69) is 0 Å². The van der Waals surface area contributed by atoms with Crippen LogP contribution in [0.3, 0.4) is 0 Å². The third-order valence-corrected chi connectivity index (χ3v) is 6.60. The Kier molecular flexibility index (Phi) is 5.38. The minimum absolute atomic E-state index is 0.00270. The maximum atomic E-state index is 12.9. The standard InChI is InChI=1S/C16H19F3N4O4S/c1-20-10-14(24)23(15(20)25)11-21-5-7-22(8-6-21)28(26,27)13-4-2-3-12(9-13)16(17,18)19/h2-4,9H,5-8,10-11H2,1H3. The summed E-state index contributed by atoms with van der Waals surface area (Å²) in [4.78, 5) is 27.5. The van der Waals surface area contributed by atoms with Crippen LogP contribution >= 0.6 is 0 Å². The summed E-state index contributed by atoms with van der Waals surface area (Å²) >= 11 is 0. The van der Waals surface area contributed by atoms with E-state index in [4.69, 9.17) is 0 Å². The molecule has 0 spiro atoms. The zero-order valence-corrected chi connectivity index (χ0v) is 15.8. The fourth-order valence-electron chi connectivity index (χ4n) is 3.10. The number of hydrogen-bond donors (Lipinski definition) is 0. The van der Waals surface area contributed by atoms with E-state index < -0.39 is 32.7 Å². The predicted molar refractivity (Wildman–Crippen MR) is 91.5 cm³/mol. The van der Waals surface area contributed by atoms with E-state index in [0.717, 1.165) is 27.4 Å². The largest absolute Gasteiger partial charge is 0.416 e. The lowest BCUT2D eigenvalue weighted by Gasteiger charge is -2.35. The summed E-state index contributed by atoms with van der Waals surface area (Å²) in [6.45, 7) is 0.648. The van der Waals surface area contributed by atoms with Gasteiger partial charge in [0.05, 0.1) is 17.1 Å². The van der Waals surface area contributed by atoms with Gasteiger partial charge in [0.25, 0.3) is 5.91 Å². The Bertz CT molecular complexity index is 882. The molecule has 154 valence electrons. The number of rotatable bonds is 4. The number of benzene rings is 1. The molecule has 0 bridgehead atoms. The number of alkyl halides is 3. The zero-order valence-electron chi connectivity index (χ0n) is 15.0. The molecule has 1 aromatic rings. The molecule has 1 aromatic carbocycles. The van der Waals surface area contributed by atoms with E-state index >= 15 is 0 Å². The SMILES string of the molecule is CN1CC(=O)N(CN2CCN(S(=O)(=O)c3cccc(C(F)(F)F)c3)CC2)C1=O. The van der Waals surface area contributed by atoms with Crippen LogP contribution in [0.15, 0.2) is 29.2 Å². The maximum Gasteiger partial charge on any atom is 0.416 e. The number of carbonyl (C=O) groups is 2. The summed E-state index contributed by atoms with van der Waals surface area (Å²) in [7, 11) is -2.56. The number of imide groups is 1. The Morgan fingerprint density at radius 1 is 1.07 bits per heavy atom. The number of piperazine rings is 1. The van der Waals surface area contributed by atoms with Crippen molar-refractivity contribution in [2.24, 2.45) is 0 Å². The first-order valence-corrected chi connectivity index (χ1v) is 9.89. The van der Waals surface area contributed by atoms with Gasteiger partial charge in [0.2, 0.25) is 10.0 Å². The molecule has 0 radical (unpaired) electrons. The van der Waals surface area contributed by atoms with Gasteiger partial charge in [-0.1, -0.05) is 6.07 Å². The molecule has 28 heavy (non-hydrogen) atoms. The van der Waals surface area contributed by atoms with Gasteiger partial charge in [-0.05, 0) is 18.2 Å². The molecule has 2 heterocycles. The van der Waals surface area contributed by atoms with Crippen LogP contribution in [-0.2, 0) is 21.0 Å². The van der Waals surface area contributed by atoms with Crippen LogP contribution in [0.5, 0.6) is 0 Å². The number of likely N-dealkylation sites (N-methyl/N-ethyl adjacent to an activating group) is 1. The lowest BCUT2D eigenvalue weighted by molar-refractivity contribution is -0.137. The third kappa shape index (κ3) is 3.98. The van der Waals surface area contributed by atoms with Gasteiger partial charge in [0, 0.05) is 33.2 Å². The molecule has 2 aliphatic heterocycles. The summed E-state index contributed by atoms with van der Waals surface area (Å²) in [5.74, 6) is -0.327. The lowest BCUT2D eigenvalue weighted by Crippen LogP contribution is -2.52. The maximum absolute atomic E-state index is 12.9. The van der Waals surface area contributed by atoms with Crippen molar-refractivity contribution in [3.05, 3.63) is 29.8 Å². The summed E-state index contributed by atoms with van der Waals surface area (Å²) in [5.41, 5.74) is -1.03. The van der Waals surface area contributed by atoms with Crippen molar-refractivity contribution in [1.29, 1.82) is 0 Å². The van der Waals surface area contributed by atoms with Crippen molar-refractivity contribution >= 4 is 22.0 Å². The molecular formula is C16H19F3N4O4S. The first kappa shape index (κ1) is 20.6. The summed E-state index contributed by atoms with van der Waals surface area (Å²) in [5, 5.41) is 0. The average molecular weight is 420 g/mol. The minimum Gasteiger partial charge on any atom is -0.318 e. The van der Waals surface area contributed by atoms with Gasteiger partial charge in [-0.3, -0.25) is 9.69 Å². The number of nitrogens with zero attached hydrogens (tertiary/aromatic N) is 4. The number of sulfonamides is 1. The fraction of sp³-hybridized carbons (Fsp3) is 0.500. The molecular weight excluding hydrogens is 401 g/mol. The highest BCUT2D eigenvalue weighted by Gasteiger charge is 2.37. The summed E-state index contributed by atoms with van der Waals surface area (Å²) < 4.78 is 65.0. The van der Waals surface area contributed by atoms with Crippen LogP contribution in [0.25, 0.3) is 0 Å². The molecule has 8 nitrogen and oxygen atoms in total. The molecule has 12 heteroatoms. The third-order valence-electron chi connectivity index (χ3n) is 4.70. The van der Waals surface area contributed by atoms with E-state index in [1.807, 2.05) is 0 Å². The van der Waals surface area contributed by atoms with E-state index in [1.54, 1.807) is 4.90 Å². The van der Waals surface area contributed by atoms with Gasteiger partial charge >= 0.3 is 12.2 Å². The van der Waals surface area contributed by atoms with Gasteiger partial charge in [-0.2, -0.15) is 17.5 Å². The summed E-state index contributed by atoms with van der Waals surface area (Å²) in [6.07, 6.45) is -4.63. The normalized spacial score (nSPS) is 20.3. The fourth-order valence-corrected chi connectivity index (χ4v) is 4.57. The number of urea groups is 1. The monoisotopic (exact) mass is 420 g/mol. The topological polar surface area (TPSA) is 81.2 Å². The Labute approximate surface area is 160 Å². The average Bonchev–Trinajstić information content (AvgIpc) is 2.88.